The molecule has 0 radical (unpaired) electrons. The molecule has 4 rings (SSSR count). The van der Waals surface area contributed by atoms with Crippen LogP contribution < -0.4 is 5.32 Å². The number of phenols is 1. The maximum absolute atomic E-state index is 10.4. The average Bonchev–Trinajstić information content (AvgIpc) is 2.63. The fraction of sp³-hybridized carbons (Fsp3) is 0.500. The van der Waals surface area contributed by atoms with E-state index in [1.54, 1.807) is 6.07 Å². The van der Waals surface area contributed by atoms with Gasteiger partial charge in [-0.1, -0.05) is 6.07 Å². The number of fused-ring (bicyclic) bond motifs is 1. The highest BCUT2D eigenvalue weighted by Gasteiger charge is 2.25. The van der Waals surface area contributed by atoms with Crippen LogP contribution >= 0.6 is 0 Å². The Hall–Kier alpha value is -2.18. The molecule has 6 heteroatoms. The van der Waals surface area contributed by atoms with Gasteiger partial charge in [-0.3, -0.25) is 0 Å². The predicted molar refractivity (Wildman–Crippen MR) is 101 cm³/mol. The molecule has 2 N–H and O–H groups in total. The van der Waals surface area contributed by atoms with Crippen molar-refractivity contribution in [1.82, 2.24) is 15.1 Å². The molecule has 1 aromatic carbocycles. The maximum atomic E-state index is 10.4. The lowest BCUT2D eigenvalue weighted by molar-refractivity contribution is 0.111. The number of piperidine rings is 1. The number of phenolic OH excluding ortho intramolecular Hbond substituents is 1. The van der Waals surface area contributed by atoms with Crippen LogP contribution in [0.5, 0.6) is 5.75 Å². The van der Waals surface area contributed by atoms with Crippen molar-refractivity contribution in [3.63, 3.8) is 0 Å². The maximum Gasteiger partial charge on any atom is 0.154 e. The van der Waals surface area contributed by atoms with Crippen LogP contribution in [0.3, 0.4) is 0 Å². The number of ether oxygens (including phenoxy) is 1. The Morgan fingerprint density at radius 2 is 2.15 bits per heavy atom. The average molecular weight is 354 g/mol. The van der Waals surface area contributed by atoms with E-state index in [0.717, 1.165) is 59.7 Å². The van der Waals surface area contributed by atoms with Crippen molar-refractivity contribution in [2.45, 2.75) is 38.8 Å². The lowest BCUT2D eigenvalue weighted by atomic mass is 9.96. The Morgan fingerprint density at radius 1 is 1.27 bits per heavy atom. The number of aromatic nitrogens is 2. The number of benzene rings is 1. The summed E-state index contributed by atoms with van der Waals surface area (Å²) in [6.07, 6.45) is 3.12. The molecule has 2 aliphatic heterocycles. The number of likely N-dealkylation sites (tertiary alicyclic amines) is 1. The molecule has 0 aliphatic carbocycles. The van der Waals surface area contributed by atoms with Crippen molar-refractivity contribution in [2.24, 2.45) is 0 Å². The van der Waals surface area contributed by atoms with Crippen molar-refractivity contribution < 1.29 is 9.84 Å². The van der Waals surface area contributed by atoms with Gasteiger partial charge in [0.2, 0.25) is 0 Å². The second-order valence-corrected chi connectivity index (χ2v) is 7.42. The number of nitrogens with one attached hydrogen (secondary N) is 1. The molecule has 3 heterocycles. The first-order valence-corrected chi connectivity index (χ1v) is 9.33. The number of hydrogen-bond acceptors (Lipinski definition) is 6. The first kappa shape index (κ1) is 17.2. The van der Waals surface area contributed by atoms with E-state index in [4.69, 9.17) is 4.74 Å². The Morgan fingerprint density at radius 3 is 2.96 bits per heavy atom. The quantitative estimate of drug-likeness (QED) is 0.883. The zero-order valence-corrected chi connectivity index (χ0v) is 15.5. The summed E-state index contributed by atoms with van der Waals surface area (Å²) >= 11 is 0. The Bertz CT molecular complexity index is 809. The summed E-state index contributed by atoms with van der Waals surface area (Å²) in [6.45, 7) is 5.33. The van der Waals surface area contributed by atoms with E-state index in [9.17, 15) is 5.11 Å². The minimum absolute atomic E-state index is 0.252. The van der Waals surface area contributed by atoms with Crippen LogP contribution in [-0.4, -0.2) is 53.0 Å². The lowest BCUT2D eigenvalue weighted by Gasteiger charge is -2.31. The van der Waals surface area contributed by atoms with Gasteiger partial charge in [-0.25, -0.2) is 0 Å². The summed E-state index contributed by atoms with van der Waals surface area (Å²) in [5.41, 5.74) is 4.75. The molecule has 1 saturated heterocycles. The number of aromatic hydroxyl groups is 1. The number of nitrogens with zero attached hydrogens (tertiary/aromatic N) is 3. The van der Waals surface area contributed by atoms with Gasteiger partial charge in [0.05, 0.1) is 13.2 Å². The Kier molecular flexibility index (Phi) is 4.78. The standard InChI is InChI=1S/C20H26N4O2/c1-13-5-6-16(18(25)10-13)19-15-7-9-26-12-17(15)20(23-22-19)21-14-4-3-8-24(2)11-14/h5-6,10,14,25H,3-4,7-9,11-12H2,1-2H3,(H,21,23)/t14-/m1/s1. The van der Waals surface area contributed by atoms with Crippen LogP contribution in [0.4, 0.5) is 5.82 Å². The van der Waals surface area contributed by atoms with Crippen LogP contribution in [0.15, 0.2) is 18.2 Å². The third-order valence-corrected chi connectivity index (χ3v) is 5.30. The van der Waals surface area contributed by atoms with Crippen LogP contribution in [0.1, 0.15) is 29.5 Å². The molecule has 2 aromatic rings. The molecule has 0 unspecified atom stereocenters. The molecule has 138 valence electrons. The van der Waals surface area contributed by atoms with E-state index in [2.05, 4.69) is 27.5 Å². The highest BCUT2D eigenvalue weighted by molar-refractivity contribution is 5.72. The molecular weight excluding hydrogens is 328 g/mol. The molecule has 1 fully saturated rings. The zero-order chi connectivity index (χ0) is 18.1. The lowest BCUT2D eigenvalue weighted by Crippen LogP contribution is -2.40. The van der Waals surface area contributed by atoms with Gasteiger partial charge >= 0.3 is 0 Å². The third kappa shape index (κ3) is 3.39. The van der Waals surface area contributed by atoms with Gasteiger partial charge < -0.3 is 20.1 Å². The molecule has 6 nitrogen and oxygen atoms in total. The van der Waals surface area contributed by atoms with Crippen molar-refractivity contribution in [1.29, 1.82) is 0 Å². The van der Waals surface area contributed by atoms with Crippen LogP contribution in [0.2, 0.25) is 0 Å². The van der Waals surface area contributed by atoms with Gasteiger partial charge in [0.25, 0.3) is 0 Å². The second-order valence-electron chi connectivity index (χ2n) is 7.42. The first-order chi connectivity index (χ1) is 12.6. The molecule has 0 spiro atoms. The van der Waals surface area contributed by atoms with Crippen LogP contribution in [0.25, 0.3) is 11.3 Å². The predicted octanol–water partition coefficient (Wildman–Crippen LogP) is 2.74. The van der Waals surface area contributed by atoms with Crippen LogP contribution in [-0.2, 0) is 17.8 Å². The van der Waals surface area contributed by atoms with Crippen LogP contribution in [0, 0.1) is 6.92 Å². The van der Waals surface area contributed by atoms with Crippen molar-refractivity contribution in [3.05, 3.63) is 34.9 Å². The summed E-state index contributed by atoms with van der Waals surface area (Å²) in [7, 11) is 2.15. The zero-order valence-electron chi connectivity index (χ0n) is 15.5. The molecular formula is C20H26N4O2. The molecule has 1 atom stereocenters. The minimum atomic E-state index is 0.252. The van der Waals surface area contributed by atoms with Gasteiger partial charge in [-0.15, -0.1) is 10.2 Å². The smallest absolute Gasteiger partial charge is 0.154 e. The summed E-state index contributed by atoms with van der Waals surface area (Å²) in [4.78, 5) is 2.34. The largest absolute Gasteiger partial charge is 0.507 e. The molecule has 26 heavy (non-hydrogen) atoms. The van der Waals surface area contributed by atoms with Gasteiger partial charge in [0.1, 0.15) is 11.4 Å². The Balaban J connectivity index is 1.70. The third-order valence-electron chi connectivity index (χ3n) is 5.30. The highest BCUT2D eigenvalue weighted by Crippen LogP contribution is 2.35. The number of likely N-dealkylation sites (N-methyl/N-ethyl adjacent to an activating group) is 1. The summed E-state index contributed by atoms with van der Waals surface area (Å²) in [5, 5.41) is 22.9. The van der Waals surface area contributed by atoms with Gasteiger partial charge in [-0.05, 0) is 63.0 Å². The molecule has 0 bridgehead atoms. The molecule has 2 aliphatic rings. The second kappa shape index (κ2) is 7.21. The van der Waals surface area contributed by atoms with Crippen molar-refractivity contribution in [3.8, 4) is 17.0 Å². The topological polar surface area (TPSA) is 70.5 Å². The summed E-state index contributed by atoms with van der Waals surface area (Å²) in [5.74, 6) is 1.08. The SMILES string of the molecule is Cc1ccc(-c2nnc(N[C@@H]3CCCN(C)C3)c3c2CCOC3)c(O)c1. The number of rotatable bonds is 3. The Labute approximate surface area is 154 Å². The molecule has 0 amide bonds. The normalized spacial score (nSPS) is 20.6. The fourth-order valence-electron chi connectivity index (χ4n) is 3.93. The van der Waals surface area contributed by atoms with E-state index < -0.39 is 0 Å². The van der Waals surface area contributed by atoms with E-state index >= 15 is 0 Å². The summed E-state index contributed by atoms with van der Waals surface area (Å²) in [6, 6.07) is 6.07. The van der Waals surface area contributed by atoms with E-state index in [1.807, 2.05) is 19.1 Å². The van der Waals surface area contributed by atoms with Crippen molar-refractivity contribution in [2.75, 3.05) is 32.1 Å². The monoisotopic (exact) mass is 354 g/mol. The van der Waals surface area contributed by atoms with E-state index in [-0.39, 0.29) is 5.75 Å². The molecule has 1 aromatic heterocycles. The van der Waals surface area contributed by atoms with Gasteiger partial charge in [0, 0.05) is 23.7 Å². The minimum Gasteiger partial charge on any atom is -0.507 e. The van der Waals surface area contributed by atoms with E-state index in [1.165, 1.54) is 6.42 Å². The van der Waals surface area contributed by atoms with E-state index in [0.29, 0.717) is 19.3 Å². The summed E-state index contributed by atoms with van der Waals surface area (Å²) < 4.78 is 5.71. The molecule has 0 saturated carbocycles. The highest BCUT2D eigenvalue weighted by atomic mass is 16.5. The van der Waals surface area contributed by atoms with Gasteiger partial charge in [0.15, 0.2) is 5.82 Å². The number of aryl methyl sites for hydroxylation is 1. The number of hydrogen-bond donors (Lipinski definition) is 2. The first-order valence-electron chi connectivity index (χ1n) is 9.33. The fourth-order valence-corrected chi connectivity index (χ4v) is 3.93. The van der Waals surface area contributed by atoms with Crippen molar-refractivity contribution >= 4 is 5.82 Å². The number of anilines is 1. The van der Waals surface area contributed by atoms with Gasteiger partial charge in [-0.2, -0.15) is 0 Å².